The van der Waals surface area contributed by atoms with Crippen molar-refractivity contribution in [2.24, 2.45) is 17.8 Å². The van der Waals surface area contributed by atoms with Crippen LogP contribution in [0.3, 0.4) is 0 Å². The molecule has 2 aromatic rings. The molecule has 3 aliphatic heterocycles. The van der Waals surface area contributed by atoms with E-state index in [9.17, 15) is 27.6 Å². The fraction of sp³-hybridized carbons (Fsp3) is 0.515. The summed E-state index contributed by atoms with van der Waals surface area (Å²) in [6.45, 7) is 3.80. The Bertz CT molecular complexity index is 1380. The number of aryl methyl sites for hydroxylation is 1. The number of carboxylic acid groups (broad SMARTS) is 1. The van der Waals surface area contributed by atoms with Crippen molar-refractivity contribution in [3.05, 3.63) is 71.3 Å². The molecule has 1 spiro atoms. The Hall–Kier alpha value is -3.73. The number of fused-ring (bicyclic) bond motifs is 2. The van der Waals surface area contributed by atoms with Crippen LogP contribution in [0, 0.1) is 24.7 Å². The van der Waals surface area contributed by atoms with Crippen molar-refractivity contribution in [2.45, 2.75) is 76.2 Å². The fourth-order valence-electron chi connectivity index (χ4n) is 7.37. The SMILES string of the molecule is Cc1ccc([C@H]2N[C@]3(CCCN(CC4CCCCC4)C3=O)[C@H]3C(=O)N(Cc4ccccc4)C(=O)[C@@H]23)cc1.O=C(O)C(F)(F)F. The summed E-state index contributed by atoms with van der Waals surface area (Å²) in [5.41, 5.74) is 2.01. The number of halogens is 3. The molecule has 4 aliphatic rings. The number of carbonyl (C=O) groups excluding carboxylic acids is 3. The Labute approximate surface area is 254 Å². The van der Waals surface area contributed by atoms with E-state index < -0.39 is 29.5 Å². The number of carboxylic acids is 1. The number of rotatable bonds is 5. The van der Waals surface area contributed by atoms with Crippen LogP contribution in [-0.4, -0.2) is 63.4 Å². The fourth-order valence-corrected chi connectivity index (χ4v) is 7.37. The molecule has 0 bridgehead atoms. The zero-order valence-corrected chi connectivity index (χ0v) is 24.7. The van der Waals surface area contributed by atoms with Crippen LogP contribution < -0.4 is 5.32 Å². The number of likely N-dealkylation sites (tertiary alicyclic amines) is 2. The number of hydrogen-bond acceptors (Lipinski definition) is 5. The molecular formula is C33H38F3N3O5. The molecule has 1 aliphatic carbocycles. The van der Waals surface area contributed by atoms with Crippen molar-refractivity contribution in [3.63, 3.8) is 0 Å². The summed E-state index contributed by atoms with van der Waals surface area (Å²) >= 11 is 0. The van der Waals surface area contributed by atoms with Gasteiger partial charge in [-0.15, -0.1) is 0 Å². The molecule has 2 N–H and O–H groups in total. The van der Waals surface area contributed by atoms with Gasteiger partial charge in [-0.1, -0.05) is 79.4 Å². The van der Waals surface area contributed by atoms with Crippen LogP contribution in [0.4, 0.5) is 13.2 Å². The summed E-state index contributed by atoms with van der Waals surface area (Å²) in [5.74, 6) is -3.80. The smallest absolute Gasteiger partial charge is 0.475 e. The highest BCUT2D eigenvalue weighted by atomic mass is 19.4. The molecule has 6 rings (SSSR count). The molecule has 2 aromatic carbocycles. The van der Waals surface area contributed by atoms with E-state index in [0.29, 0.717) is 12.3 Å². The van der Waals surface area contributed by atoms with E-state index in [4.69, 9.17) is 9.90 Å². The van der Waals surface area contributed by atoms with Gasteiger partial charge >= 0.3 is 12.1 Å². The number of imide groups is 1. The monoisotopic (exact) mass is 613 g/mol. The first kappa shape index (κ1) is 31.7. The molecule has 0 unspecified atom stereocenters. The van der Waals surface area contributed by atoms with Gasteiger partial charge in [-0.2, -0.15) is 13.2 Å². The molecule has 1 saturated carbocycles. The number of hydrogen-bond donors (Lipinski definition) is 2. The first-order valence-electron chi connectivity index (χ1n) is 15.3. The lowest BCUT2D eigenvalue weighted by Crippen LogP contribution is -2.64. The third-order valence-electron chi connectivity index (χ3n) is 9.48. The number of aliphatic carboxylic acids is 1. The average Bonchev–Trinajstić information content (AvgIpc) is 3.46. The molecule has 4 fully saturated rings. The van der Waals surface area contributed by atoms with Gasteiger partial charge in [0.1, 0.15) is 5.54 Å². The molecular weight excluding hydrogens is 575 g/mol. The second kappa shape index (κ2) is 12.7. The van der Waals surface area contributed by atoms with E-state index in [-0.39, 0.29) is 30.3 Å². The zero-order valence-electron chi connectivity index (χ0n) is 24.7. The van der Waals surface area contributed by atoms with Crippen molar-refractivity contribution in [1.29, 1.82) is 0 Å². The van der Waals surface area contributed by atoms with Crippen LogP contribution in [0.2, 0.25) is 0 Å². The molecule has 3 heterocycles. The summed E-state index contributed by atoms with van der Waals surface area (Å²) in [7, 11) is 0. The number of amides is 3. The first-order chi connectivity index (χ1) is 20.9. The highest BCUT2D eigenvalue weighted by molar-refractivity contribution is 6.10. The molecule has 8 nitrogen and oxygen atoms in total. The number of nitrogens with one attached hydrogen (secondary N) is 1. The summed E-state index contributed by atoms with van der Waals surface area (Å²) in [5, 5.41) is 10.8. The highest BCUT2D eigenvalue weighted by Crippen LogP contribution is 2.52. The van der Waals surface area contributed by atoms with Gasteiger partial charge in [-0.25, -0.2) is 4.79 Å². The quantitative estimate of drug-likeness (QED) is 0.459. The lowest BCUT2D eigenvalue weighted by atomic mass is 9.74. The van der Waals surface area contributed by atoms with Crippen LogP contribution in [0.25, 0.3) is 0 Å². The number of alkyl halides is 3. The number of piperidine rings is 1. The number of carbonyl (C=O) groups is 4. The van der Waals surface area contributed by atoms with Gasteiger partial charge in [0, 0.05) is 19.1 Å². The molecule has 3 saturated heterocycles. The van der Waals surface area contributed by atoms with Crippen LogP contribution in [0.5, 0.6) is 0 Å². The van der Waals surface area contributed by atoms with Crippen LogP contribution in [0.1, 0.15) is 67.7 Å². The highest BCUT2D eigenvalue weighted by Gasteiger charge is 2.69. The molecule has 3 amide bonds. The normalized spacial score (nSPS) is 27.4. The summed E-state index contributed by atoms with van der Waals surface area (Å²) in [4.78, 5) is 54.6. The topological polar surface area (TPSA) is 107 Å². The van der Waals surface area contributed by atoms with Gasteiger partial charge in [-0.05, 0) is 49.7 Å². The van der Waals surface area contributed by atoms with Gasteiger partial charge in [0.25, 0.3) is 0 Å². The van der Waals surface area contributed by atoms with Gasteiger partial charge < -0.3 is 10.0 Å². The van der Waals surface area contributed by atoms with E-state index in [0.717, 1.165) is 36.2 Å². The third-order valence-corrected chi connectivity index (χ3v) is 9.48. The van der Waals surface area contributed by atoms with Gasteiger partial charge in [0.2, 0.25) is 17.7 Å². The van der Waals surface area contributed by atoms with Gasteiger partial charge in [-0.3, -0.25) is 24.6 Å². The van der Waals surface area contributed by atoms with E-state index in [1.165, 1.54) is 37.0 Å². The third kappa shape index (κ3) is 6.24. The van der Waals surface area contributed by atoms with E-state index in [1.807, 2.05) is 66.4 Å². The molecule has 44 heavy (non-hydrogen) atoms. The maximum atomic E-state index is 14.3. The average molecular weight is 614 g/mol. The van der Waals surface area contributed by atoms with Crippen LogP contribution in [-0.2, 0) is 25.7 Å². The number of benzene rings is 2. The van der Waals surface area contributed by atoms with Crippen molar-refractivity contribution in [2.75, 3.05) is 13.1 Å². The molecule has 0 radical (unpaired) electrons. The van der Waals surface area contributed by atoms with Crippen LogP contribution in [0.15, 0.2) is 54.6 Å². The molecule has 0 aromatic heterocycles. The Balaban J connectivity index is 0.000000493. The molecule has 4 atom stereocenters. The summed E-state index contributed by atoms with van der Waals surface area (Å²) < 4.78 is 31.7. The van der Waals surface area contributed by atoms with Crippen molar-refractivity contribution >= 4 is 23.7 Å². The minimum Gasteiger partial charge on any atom is -0.475 e. The largest absolute Gasteiger partial charge is 0.490 e. The molecule has 236 valence electrons. The van der Waals surface area contributed by atoms with E-state index in [1.54, 1.807) is 0 Å². The van der Waals surface area contributed by atoms with Gasteiger partial charge in [0.15, 0.2) is 0 Å². The van der Waals surface area contributed by atoms with E-state index >= 15 is 0 Å². The van der Waals surface area contributed by atoms with Crippen molar-refractivity contribution in [3.8, 4) is 0 Å². The van der Waals surface area contributed by atoms with E-state index in [2.05, 4.69) is 5.32 Å². The predicted molar refractivity (Wildman–Crippen MR) is 155 cm³/mol. The van der Waals surface area contributed by atoms with Crippen molar-refractivity contribution in [1.82, 2.24) is 15.1 Å². The first-order valence-corrected chi connectivity index (χ1v) is 15.3. The Kier molecular flexibility index (Phi) is 9.15. The second-order valence-electron chi connectivity index (χ2n) is 12.4. The summed E-state index contributed by atoms with van der Waals surface area (Å²) in [6, 6.07) is 17.5. The maximum Gasteiger partial charge on any atom is 0.490 e. The lowest BCUT2D eigenvalue weighted by molar-refractivity contribution is -0.192. The summed E-state index contributed by atoms with van der Waals surface area (Å²) in [6.07, 6.45) is 2.44. The van der Waals surface area contributed by atoms with Gasteiger partial charge in [0.05, 0.1) is 18.4 Å². The Morgan fingerprint density at radius 1 is 0.955 bits per heavy atom. The zero-order chi connectivity index (χ0) is 31.6. The molecule has 11 heteroatoms. The van der Waals surface area contributed by atoms with Crippen LogP contribution >= 0.6 is 0 Å². The Morgan fingerprint density at radius 2 is 1.59 bits per heavy atom. The Morgan fingerprint density at radius 3 is 2.20 bits per heavy atom. The minimum absolute atomic E-state index is 0.0247. The predicted octanol–water partition coefficient (Wildman–Crippen LogP) is 5.02. The van der Waals surface area contributed by atoms with Crippen molar-refractivity contribution < 1.29 is 37.5 Å². The minimum atomic E-state index is -5.08. The maximum absolute atomic E-state index is 14.3. The standard InChI is InChI=1S/C31H37N3O3.C2HF3O2/c1-21-13-15-24(16-14-21)27-25-26(29(36)34(28(25)35)20-23-11-6-3-7-12-23)31(32-27)17-8-18-33(30(31)37)19-22-9-4-2-5-10-22;3-2(4,5)1(6)7/h3,6-7,11-16,22,25-27,32H,2,4-5,8-10,17-20H2,1H3;(H,6,7)/t25-,26-,27-,31-;/m1./s1. The second-order valence-corrected chi connectivity index (χ2v) is 12.4. The number of nitrogens with zero attached hydrogens (tertiary/aromatic N) is 2. The lowest BCUT2D eigenvalue weighted by Gasteiger charge is -2.43.